The normalized spacial score (nSPS) is 12.3. The van der Waals surface area contributed by atoms with E-state index >= 15 is 0 Å². The molecule has 0 atom stereocenters. The van der Waals surface area contributed by atoms with Gasteiger partial charge in [-0.05, 0) is 42.3 Å². The molecule has 2 aromatic rings. The van der Waals surface area contributed by atoms with Crippen molar-refractivity contribution in [3.8, 4) is 5.75 Å². The van der Waals surface area contributed by atoms with E-state index in [2.05, 4.69) is 16.8 Å². The maximum absolute atomic E-state index is 11.5. The van der Waals surface area contributed by atoms with Gasteiger partial charge < -0.3 is 14.9 Å². The predicted molar refractivity (Wildman–Crippen MR) is 119 cm³/mol. The number of hydrogen-bond donors (Lipinski definition) is 2. The summed E-state index contributed by atoms with van der Waals surface area (Å²) >= 11 is 0. The fourth-order valence-corrected chi connectivity index (χ4v) is 2.71. The number of carboxylic acid groups (broad SMARTS) is 1. The number of carboxylic acids is 1. The molecular weight excluding hydrogens is 395 g/mol. The van der Waals surface area contributed by atoms with E-state index < -0.39 is 11.7 Å². The smallest absolute Gasteiger partial charge is 0.339 e. The number of phenols is 1. The molecule has 8 heteroatoms. The number of nitrogens with zero attached hydrogens (tertiary/aromatic N) is 2. The third-order valence-corrected chi connectivity index (χ3v) is 4.27. The molecule has 0 aliphatic rings. The molecule has 0 amide bonds. The van der Waals surface area contributed by atoms with E-state index in [0.29, 0.717) is 34.6 Å². The number of carbonyl (C=O) groups is 2. The molecule has 0 heterocycles. The lowest BCUT2D eigenvalue weighted by Gasteiger charge is -2.05. The monoisotopic (exact) mass is 418 g/mol. The van der Waals surface area contributed by atoms with E-state index in [1.807, 2.05) is 12.1 Å². The molecule has 0 bridgehead atoms. The molecule has 0 fully saturated rings. The number of aromatic carboxylic acids is 1. The molecule has 2 rings (SSSR count). The second kappa shape index (κ2) is 10.9. The standard InChI is InChI=1S/C23H23BN2O5/c1-4-31-20(27)12-8-16-6-9-17(10-7-16)25-26-21-18(11-5-15(3)24)14(2)13-19(22(21)28)23(29)30/h5-7,9-11,13,28H,2,4,8,12H2,1,3H3,(H,29,30)/b15-5+,18-11+,26-25?. The largest absolute Gasteiger partial charge is 0.505 e. The highest BCUT2D eigenvalue weighted by atomic mass is 16.5. The van der Waals surface area contributed by atoms with E-state index in [1.165, 1.54) is 6.07 Å². The Morgan fingerprint density at radius 3 is 2.48 bits per heavy atom. The lowest BCUT2D eigenvalue weighted by atomic mass is 9.97. The van der Waals surface area contributed by atoms with E-state index in [9.17, 15) is 19.8 Å². The topological polar surface area (TPSA) is 109 Å². The molecule has 0 aromatic heterocycles. The average molecular weight is 418 g/mol. The highest BCUT2D eigenvalue weighted by Gasteiger charge is 2.15. The molecule has 0 saturated heterocycles. The van der Waals surface area contributed by atoms with Crippen LogP contribution in [0, 0.1) is 0 Å². The van der Waals surface area contributed by atoms with E-state index in [-0.39, 0.29) is 23.6 Å². The molecular formula is C23H23BN2O5. The number of benzene rings is 2. The predicted octanol–water partition coefficient (Wildman–Crippen LogP) is 3.26. The zero-order chi connectivity index (χ0) is 23.0. The van der Waals surface area contributed by atoms with Crippen molar-refractivity contribution in [2.45, 2.75) is 26.7 Å². The van der Waals surface area contributed by atoms with Gasteiger partial charge in [0.2, 0.25) is 0 Å². The number of rotatable bonds is 8. The Morgan fingerprint density at radius 1 is 1.23 bits per heavy atom. The number of azo groups is 1. The first-order valence-corrected chi connectivity index (χ1v) is 9.61. The van der Waals surface area contributed by atoms with Crippen molar-refractivity contribution >= 4 is 43.8 Å². The van der Waals surface area contributed by atoms with Gasteiger partial charge in [0.15, 0.2) is 5.75 Å². The highest BCUT2D eigenvalue weighted by molar-refractivity contribution is 6.21. The van der Waals surface area contributed by atoms with E-state index in [0.717, 1.165) is 5.56 Å². The Hall–Kier alpha value is -3.68. The number of hydrogen-bond acceptors (Lipinski definition) is 6. The lowest BCUT2D eigenvalue weighted by molar-refractivity contribution is -0.143. The minimum Gasteiger partial charge on any atom is -0.505 e. The van der Waals surface area contributed by atoms with Gasteiger partial charge in [-0.3, -0.25) is 4.79 Å². The highest BCUT2D eigenvalue weighted by Crippen LogP contribution is 2.27. The SMILES string of the molecule is [B]/C(C)=C/C=c1/c(N=Nc2ccc(CCC(=O)OCC)cc2)c(O)c(C(=O)O)cc1=C. The Kier molecular flexibility index (Phi) is 8.31. The van der Waals surface area contributed by atoms with Crippen LogP contribution in [0.3, 0.4) is 0 Å². The van der Waals surface area contributed by atoms with Crippen molar-refractivity contribution in [3.05, 3.63) is 63.4 Å². The first kappa shape index (κ1) is 23.6. The average Bonchev–Trinajstić information content (AvgIpc) is 2.72. The summed E-state index contributed by atoms with van der Waals surface area (Å²) in [7, 11) is 5.67. The van der Waals surface area contributed by atoms with E-state index in [4.69, 9.17) is 12.6 Å². The van der Waals surface area contributed by atoms with Crippen LogP contribution in [0.2, 0.25) is 0 Å². The summed E-state index contributed by atoms with van der Waals surface area (Å²) in [6.07, 6.45) is 4.01. The molecule has 2 radical (unpaired) electrons. The second-order valence-electron chi connectivity index (χ2n) is 6.75. The van der Waals surface area contributed by atoms with Gasteiger partial charge in [-0.2, -0.15) is 5.11 Å². The molecule has 0 saturated carbocycles. The summed E-state index contributed by atoms with van der Waals surface area (Å²) in [5, 5.41) is 28.7. The molecule has 2 aromatic carbocycles. The van der Waals surface area contributed by atoms with Gasteiger partial charge in [-0.1, -0.05) is 37.8 Å². The molecule has 158 valence electrons. The molecule has 0 aliphatic heterocycles. The van der Waals surface area contributed by atoms with Gasteiger partial charge in [0.1, 0.15) is 19.1 Å². The molecule has 0 unspecified atom stereocenters. The maximum Gasteiger partial charge on any atom is 0.339 e. The van der Waals surface area contributed by atoms with Crippen LogP contribution in [0.4, 0.5) is 11.4 Å². The Morgan fingerprint density at radius 2 is 1.90 bits per heavy atom. The van der Waals surface area contributed by atoms with Gasteiger partial charge in [0.25, 0.3) is 0 Å². The number of allylic oxidation sites excluding steroid dienone is 2. The Bertz CT molecular complexity index is 1130. The number of ether oxygens (including phenoxy) is 1. The summed E-state index contributed by atoms with van der Waals surface area (Å²) < 4.78 is 4.91. The summed E-state index contributed by atoms with van der Waals surface area (Å²) in [6.45, 7) is 7.64. The first-order chi connectivity index (χ1) is 14.7. The van der Waals surface area contributed by atoms with Crippen LogP contribution in [0.25, 0.3) is 12.7 Å². The van der Waals surface area contributed by atoms with Crippen LogP contribution < -0.4 is 10.4 Å². The minimum atomic E-state index is -1.30. The van der Waals surface area contributed by atoms with Crippen molar-refractivity contribution in [2.75, 3.05) is 6.61 Å². The van der Waals surface area contributed by atoms with Gasteiger partial charge in [-0.15, -0.1) is 10.6 Å². The third-order valence-electron chi connectivity index (χ3n) is 4.27. The van der Waals surface area contributed by atoms with Crippen LogP contribution in [0.1, 0.15) is 36.2 Å². The minimum absolute atomic E-state index is 0.0196. The second-order valence-corrected chi connectivity index (χ2v) is 6.75. The summed E-state index contributed by atoms with van der Waals surface area (Å²) in [5.74, 6) is -2.07. The molecule has 0 spiro atoms. The number of esters is 1. The van der Waals surface area contributed by atoms with E-state index in [1.54, 1.807) is 38.1 Å². The summed E-state index contributed by atoms with van der Waals surface area (Å²) in [5.41, 5.74) is 1.60. The lowest BCUT2D eigenvalue weighted by Crippen LogP contribution is -2.25. The van der Waals surface area contributed by atoms with Crippen LogP contribution in [-0.2, 0) is 16.0 Å². The van der Waals surface area contributed by atoms with Crippen molar-refractivity contribution in [3.63, 3.8) is 0 Å². The van der Waals surface area contributed by atoms with Gasteiger partial charge in [0, 0.05) is 11.6 Å². The van der Waals surface area contributed by atoms with Crippen LogP contribution >= 0.6 is 0 Å². The van der Waals surface area contributed by atoms with Crippen LogP contribution in [0.15, 0.2) is 52.1 Å². The van der Waals surface area contributed by atoms with Crippen molar-refractivity contribution in [1.82, 2.24) is 0 Å². The fraction of sp³-hybridized carbons (Fsp3) is 0.217. The number of aryl methyl sites for hydroxylation is 1. The Labute approximate surface area is 181 Å². The quantitative estimate of drug-likeness (QED) is 0.389. The van der Waals surface area contributed by atoms with Gasteiger partial charge in [0.05, 0.1) is 12.3 Å². The summed E-state index contributed by atoms with van der Waals surface area (Å²) in [6, 6.07) is 8.30. The molecule has 7 nitrogen and oxygen atoms in total. The zero-order valence-electron chi connectivity index (χ0n) is 17.5. The van der Waals surface area contributed by atoms with Crippen molar-refractivity contribution in [2.24, 2.45) is 10.2 Å². The van der Waals surface area contributed by atoms with Crippen molar-refractivity contribution < 1.29 is 24.5 Å². The third kappa shape index (κ3) is 6.67. The molecule has 2 N–H and O–H groups in total. The van der Waals surface area contributed by atoms with Gasteiger partial charge >= 0.3 is 11.9 Å². The van der Waals surface area contributed by atoms with Crippen LogP contribution in [0.5, 0.6) is 5.75 Å². The molecule has 0 aliphatic carbocycles. The summed E-state index contributed by atoms with van der Waals surface area (Å²) in [4.78, 5) is 22.9. The fourth-order valence-electron chi connectivity index (χ4n) is 2.71. The Balaban J connectivity index is 2.37. The number of carbonyl (C=O) groups excluding carboxylic acids is 1. The van der Waals surface area contributed by atoms with Gasteiger partial charge in [-0.25, -0.2) is 4.79 Å². The van der Waals surface area contributed by atoms with Crippen LogP contribution in [-0.4, -0.2) is 36.6 Å². The van der Waals surface area contributed by atoms with Crippen molar-refractivity contribution in [1.29, 1.82) is 0 Å². The zero-order valence-corrected chi connectivity index (χ0v) is 17.5. The first-order valence-electron chi connectivity index (χ1n) is 9.61. The maximum atomic E-state index is 11.5. The number of aromatic hydroxyl groups is 1. The molecule has 31 heavy (non-hydrogen) atoms.